The van der Waals surface area contributed by atoms with Gasteiger partial charge in [-0.2, -0.15) is 5.10 Å². The number of hydrogen-bond donors (Lipinski definition) is 2. The zero-order valence-electron chi connectivity index (χ0n) is 8.73. The Morgan fingerprint density at radius 2 is 2.13 bits per heavy atom. The Balaban J connectivity index is 2.56. The third-order valence-electron chi connectivity index (χ3n) is 2.08. The molecular formula is C11H15N3O. The minimum atomic E-state index is -0.643. The van der Waals surface area contributed by atoms with E-state index in [1.807, 2.05) is 12.1 Å². The van der Waals surface area contributed by atoms with Crippen molar-refractivity contribution in [3.63, 3.8) is 0 Å². The van der Waals surface area contributed by atoms with Gasteiger partial charge in [0.1, 0.15) is 0 Å². The fraction of sp³-hybridized carbons (Fsp3) is 0.273. The van der Waals surface area contributed by atoms with E-state index in [1.165, 1.54) is 11.1 Å². The highest BCUT2D eigenvalue weighted by atomic mass is 16.2. The predicted molar refractivity (Wildman–Crippen MR) is 60.7 cm³/mol. The van der Waals surface area contributed by atoms with Crippen molar-refractivity contribution in [3.05, 3.63) is 35.4 Å². The number of urea groups is 1. The number of rotatable bonds is 4. The van der Waals surface area contributed by atoms with Crippen molar-refractivity contribution >= 4 is 12.2 Å². The molecule has 0 aliphatic rings. The Morgan fingerprint density at radius 3 is 2.73 bits per heavy atom. The van der Waals surface area contributed by atoms with Gasteiger partial charge in [-0.05, 0) is 17.5 Å². The summed E-state index contributed by atoms with van der Waals surface area (Å²) in [5.41, 5.74) is 9.54. The predicted octanol–water partition coefficient (Wildman–Crippen LogP) is 1.45. The van der Waals surface area contributed by atoms with E-state index in [-0.39, 0.29) is 0 Å². The van der Waals surface area contributed by atoms with Crippen LogP contribution in [-0.2, 0) is 12.8 Å². The van der Waals surface area contributed by atoms with E-state index in [0.717, 1.165) is 6.42 Å². The smallest absolute Gasteiger partial charge is 0.332 e. The first-order valence-electron chi connectivity index (χ1n) is 4.87. The second-order valence-electron chi connectivity index (χ2n) is 3.11. The van der Waals surface area contributed by atoms with Crippen LogP contribution in [0.2, 0.25) is 0 Å². The summed E-state index contributed by atoms with van der Waals surface area (Å²) < 4.78 is 0. The SMILES string of the molecule is CCc1ccccc1CC=NNC(N)=O. The number of nitrogens with one attached hydrogen (secondary N) is 1. The number of nitrogens with two attached hydrogens (primary N) is 1. The largest absolute Gasteiger partial charge is 0.350 e. The molecule has 0 atom stereocenters. The van der Waals surface area contributed by atoms with Crippen LogP contribution in [0, 0.1) is 0 Å². The Labute approximate surface area is 89.2 Å². The normalized spacial score (nSPS) is 10.5. The number of carbonyl (C=O) groups excluding carboxylic acids is 1. The van der Waals surface area contributed by atoms with E-state index < -0.39 is 6.03 Å². The second kappa shape index (κ2) is 5.80. The maximum atomic E-state index is 10.3. The minimum Gasteiger partial charge on any atom is -0.350 e. The van der Waals surface area contributed by atoms with Crippen molar-refractivity contribution in [2.75, 3.05) is 0 Å². The summed E-state index contributed by atoms with van der Waals surface area (Å²) in [6.07, 6.45) is 3.33. The lowest BCUT2D eigenvalue weighted by Gasteiger charge is -2.03. The summed E-state index contributed by atoms with van der Waals surface area (Å²) in [7, 11) is 0. The lowest BCUT2D eigenvalue weighted by molar-refractivity contribution is 0.249. The first kappa shape index (κ1) is 11.2. The van der Waals surface area contributed by atoms with Gasteiger partial charge >= 0.3 is 6.03 Å². The van der Waals surface area contributed by atoms with Gasteiger partial charge in [0.05, 0.1) is 0 Å². The number of nitrogens with zero attached hydrogens (tertiary/aromatic N) is 1. The van der Waals surface area contributed by atoms with Gasteiger partial charge in [-0.1, -0.05) is 31.2 Å². The van der Waals surface area contributed by atoms with Crippen molar-refractivity contribution < 1.29 is 4.79 Å². The van der Waals surface area contributed by atoms with Crippen LogP contribution in [0.3, 0.4) is 0 Å². The van der Waals surface area contributed by atoms with Crippen LogP contribution in [0.25, 0.3) is 0 Å². The molecule has 0 radical (unpaired) electrons. The molecule has 2 amide bonds. The third kappa shape index (κ3) is 3.81. The average Bonchev–Trinajstić information content (AvgIpc) is 2.24. The van der Waals surface area contributed by atoms with Crippen molar-refractivity contribution in [1.82, 2.24) is 5.43 Å². The second-order valence-corrected chi connectivity index (χ2v) is 3.11. The van der Waals surface area contributed by atoms with Crippen LogP contribution in [0.4, 0.5) is 4.79 Å². The van der Waals surface area contributed by atoms with Gasteiger partial charge in [0.25, 0.3) is 0 Å². The molecule has 15 heavy (non-hydrogen) atoms. The first-order valence-corrected chi connectivity index (χ1v) is 4.87. The third-order valence-corrected chi connectivity index (χ3v) is 2.08. The van der Waals surface area contributed by atoms with Crippen molar-refractivity contribution in [3.8, 4) is 0 Å². The summed E-state index contributed by atoms with van der Waals surface area (Å²) in [5, 5.41) is 3.69. The van der Waals surface area contributed by atoms with Gasteiger partial charge in [0.15, 0.2) is 0 Å². The number of carbonyl (C=O) groups is 1. The van der Waals surface area contributed by atoms with Crippen LogP contribution in [0.15, 0.2) is 29.4 Å². The van der Waals surface area contributed by atoms with E-state index in [9.17, 15) is 4.79 Å². The molecule has 0 bridgehead atoms. The highest BCUT2D eigenvalue weighted by Crippen LogP contribution is 2.08. The standard InChI is InChI=1S/C11H15N3O/c1-2-9-5-3-4-6-10(9)7-8-13-14-11(12)15/h3-6,8H,2,7H2,1H3,(H3,12,14,15). The molecule has 0 heterocycles. The zero-order valence-corrected chi connectivity index (χ0v) is 8.73. The van der Waals surface area contributed by atoms with Crippen LogP contribution in [0.1, 0.15) is 18.1 Å². The summed E-state index contributed by atoms with van der Waals surface area (Å²) in [6, 6.07) is 7.50. The molecule has 4 heteroatoms. The summed E-state index contributed by atoms with van der Waals surface area (Å²) in [5.74, 6) is 0. The van der Waals surface area contributed by atoms with Crippen molar-refractivity contribution in [1.29, 1.82) is 0 Å². The number of benzene rings is 1. The maximum Gasteiger partial charge on any atom is 0.332 e. The van der Waals surface area contributed by atoms with E-state index in [0.29, 0.717) is 6.42 Å². The number of amides is 2. The molecule has 1 aromatic rings. The summed E-state index contributed by atoms with van der Waals surface area (Å²) >= 11 is 0. The van der Waals surface area contributed by atoms with E-state index in [4.69, 9.17) is 5.73 Å². The number of hydrazone groups is 1. The van der Waals surface area contributed by atoms with E-state index in [1.54, 1.807) is 6.21 Å². The Bertz CT molecular complexity index is 361. The van der Waals surface area contributed by atoms with E-state index in [2.05, 4.69) is 29.6 Å². The summed E-state index contributed by atoms with van der Waals surface area (Å²) in [6.45, 7) is 2.11. The van der Waals surface area contributed by atoms with Crippen LogP contribution in [0.5, 0.6) is 0 Å². The Morgan fingerprint density at radius 1 is 1.47 bits per heavy atom. The number of primary amides is 1. The maximum absolute atomic E-state index is 10.3. The van der Waals surface area contributed by atoms with Gasteiger partial charge in [0, 0.05) is 12.6 Å². The topological polar surface area (TPSA) is 67.5 Å². The minimum absolute atomic E-state index is 0.643. The lowest BCUT2D eigenvalue weighted by atomic mass is 10.0. The molecule has 0 aromatic heterocycles. The molecule has 0 fully saturated rings. The molecular weight excluding hydrogens is 190 g/mol. The molecule has 0 aliphatic heterocycles. The molecule has 1 rings (SSSR count). The van der Waals surface area contributed by atoms with Gasteiger partial charge in [-0.15, -0.1) is 0 Å². The van der Waals surface area contributed by atoms with Crippen molar-refractivity contribution in [2.45, 2.75) is 19.8 Å². The summed E-state index contributed by atoms with van der Waals surface area (Å²) in [4.78, 5) is 10.3. The molecule has 1 aromatic carbocycles. The molecule has 0 spiro atoms. The Kier molecular flexibility index (Phi) is 4.34. The lowest BCUT2D eigenvalue weighted by Crippen LogP contribution is -2.24. The number of hydrogen-bond acceptors (Lipinski definition) is 2. The highest BCUT2D eigenvalue weighted by molar-refractivity contribution is 5.73. The highest BCUT2D eigenvalue weighted by Gasteiger charge is 1.96. The van der Waals surface area contributed by atoms with Crippen LogP contribution < -0.4 is 11.2 Å². The van der Waals surface area contributed by atoms with Gasteiger partial charge < -0.3 is 5.73 Å². The van der Waals surface area contributed by atoms with Crippen LogP contribution >= 0.6 is 0 Å². The molecule has 0 aliphatic carbocycles. The monoisotopic (exact) mass is 205 g/mol. The first-order chi connectivity index (χ1) is 7.24. The molecule has 4 nitrogen and oxygen atoms in total. The number of aryl methyl sites for hydroxylation is 1. The van der Waals surface area contributed by atoms with E-state index >= 15 is 0 Å². The Hall–Kier alpha value is -1.84. The average molecular weight is 205 g/mol. The fourth-order valence-electron chi connectivity index (χ4n) is 1.35. The zero-order chi connectivity index (χ0) is 11.1. The molecule has 0 unspecified atom stereocenters. The quantitative estimate of drug-likeness (QED) is 0.567. The van der Waals surface area contributed by atoms with Gasteiger partial charge in [-0.25, -0.2) is 10.2 Å². The molecule has 80 valence electrons. The van der Waals surface area contributed by atoms with Crippen LogP contribution in [-0.4, -0.2) is 12.2 Å². The van der Waals surface area contributed by atoms with Gasteiger partial charge in [-0.3, -0.25) is 0 Å². The molecule has 0 saturated carbocycles. The van der Waals surface area contributed by atoms with Gasteiger partial charge in [0.2, 0.25) is 0 Å². The fourth-order valence-corrected chi connectivity index (χ4v) is 1.35. The molecule has 0 saturated heterocycles. The van der Waals surface area contributed by atoms with Crippen molar-refractivity contribution in [2.24, 2.45) is 10.8 Å². The molecule has 3 N–H and O–H groups in total.